The Morgan fingerprint density at radius 2 is 1.85 bits per heavy atom. The van der Waals surface area contributed by atoms with Crippen LogP contribution in [0.4, 0.5) is 0 Å². The fourth-order valence-corrected chi connectivity index (χ4v) is 1.28. The predicted octanol–water partition coefficient (Wildman–Crippen LogP) is 2.55. The monoisotopic (exact) mass is 219 g/mol. The number of hydrogen-bond acceptors (Lipinski definition) is 2. The van der Waals surface area contributed by atoms with Crippen LogP contribution in [0.1, 0.15) is 11.8 Å². The molecule has 2 nitrogen and oxygen atoms in total. The molecule has 1 aromatic carbocycles. The van der Waals surface area contributed by atoms with Crippen molar-refractivity contribution in [1.29, 1.82) is 0 Å². The molecule has 0 heterocycles. The van der Waals surface area contributed by atoms with Crippen LogP contribution in [0.5, 0.6) is 0 Å². The SMILES string of the molecule is CN(C)C(O)c1ccc(Cl)c(Cl)c1. The Kier molecular flexibility index (Phi) is 3.56. The molecule has 1 N–H and O–H groups in total. The van der Waals surface area contributed by atoms with Crippen LogP contribution in [-0.2, 0) is 0 Å². The van der Waals surface area contributed by atoms with Crippen LogP contribution in [0, 0.1) is 0 Å². The first-order valence-electron chi connectivity index (χ1n) is 3.82. The molecule has 0 spiro atoms. The summed E-state index contributed by atoms with van der Waals surface area (Å²) >= 11 is 11.5. The number of nitrogens with zero attached hydrogens (tertiary/aromatic N) is 1. The van der Waals surface area contributed by atoms with E-state index in [-0.39, 0.29) is 0 Å². The van der Waals surface area contributed by atoms with Gasteiger partial charge in [0.2, 0.25) is 0 Å². The molecule has 0 radical (unpaired) electrons. The average molecular weight is 220 g/mol. The second-order valence-electron chi connectivity index (χ2n) is 3.01. The number of benzene rings is 1. The molecule has 0 aromatic heterocycles. The lowest BCUT2D eigenvalue weighted by atomic mass is 10.2. The molecule has 13 heavy (non-hydrogen) atoms. The minimum absolute atomic E-state index is 0.458. The standard InChI is InChI=1S/C9H11Cl2NO/c1-12(2)9(13)6-3-4-7(10)8(11)5-6/h3-5,9,13H,1-2H3. The van der Waals surface area contributed by atoms with Gasteiger partial charge < -0.3 is 5.11 Å². The molecule has 0 aliphatic rings. The molecule has 0 saturated carbocycles. The fraction of sp³-hybridized carbons (Fsp3) is 0.333. The summed E-state index contributed by atoms with van der Waals surface area (Å²) < 4.78 is 0. The van der Waals surface area contributed by atoms with E-state index < -0.39 is 6.23 Å². The molecule has 1 unspecified atom stereocenters. The largest absolute Gasteiger partial charge is 0.374 e. The van der Waals surface area contributed by atoms with E-state index in [9.17, 15) is 5.11 Å². The van der Waals surface area contributed by atoms with E-state index in [1.165, 1.54) is 0 Å². The lowest BCUT2D eigenvalue weighted by molar-refractivity contribution is 0.0395. The van der Waals surface area contributed by atoms with E-state index in [1.54, 1.807) is 37.2 Å². The highest BCUT2D eigenvalue weighted by Crippen LogP contribution is 2.26. The van der Waals surface area contributed by atoms with Crippen molar-refractivity contribution in [2.45, 2.75) is 6.23 Å². The molecule has 0 aliphatic heterocycles. The van der Waals surface area contributed by atoms with Gasteiger partial charge in [0.05, 0.1) is 10.0 Å². The number of aliphatic hydroxyl groups excluding tert-OH is 1. The lowest BCUT2D eigenvalue weighted by Gasteiger charge is -2.18. The second kappa shape index (κ2) is 4.29. The summed E-state index contributed by atoms with van der Waals surface area (Å²) in [5, 5.41) is 10.6. The molecule has 0 aliphatic carbocycles. The van der Waals surface area contributed by atoms with Gasteiger partial charge >= 0.3 is 0 Å². The van der Waals surface area contributed by atoms with Gasteiger partial charge in [-0.3, -0.25) is 4.90 Å². The van der Waals surface area contributed by atoms with Crippen LogP contribution in [0.15, 0.2) is 18.2 Å². The molecule has 72 valence electrons. The maximum Gasteiger partial charge on any atom is 0.133 e. The minimum atomic E-state index is -0.644. The summed E-state index contributed by atoms with van der Waals surface area (Å²) in [6.45, 7) is 0. The van der Waals surface area contributed by atoms with Crippen molar-refractivity contribution in [3.63, 3.8) is 0 Å². The van der Waals surface area contributed by atoms with Crippen LogP contribution in [0.3, 0.4) is 0 Å². The Labute approximate surface area is 87.7 Å². The van der Waals surface area contributed by atoms with Crippen LogP contribution in [-0.4, -0.2) is 24.1 Å². The summed E-state index contributed by atoms with van der Waals surface area (Å²) in [7, 11) is 3.57. The van der Waals surface area contributed by atoms with E-state index in [0.29, 0.717) is 10.0 Å². The summed E-state index contributed by atoms with van der Waals surface area (Å²) in [5.41, 5.74) is 0.736. The highest BCUT2D eigenvalue weighted by molar-refractivity contribution is 6.42. The molecule has 0 bridgehead atoms. The molecule has 1 atom stereocenters. The van der Waals surface area contributed by atoms with Gasteiger partial charge in [0.1, 0.15) is 6.23 Å². The van der Waals surface area contributed by atoms with Crippen LogP contribution >= 0.6 is 23.2 Å². The van der Waals surface area contributed by atoms with Crippen molar-refractivity contribution in [1.82, 2.24) is 4.90 Å². The van der Waals surface area contributed by atoms with E-state index in [4.69, 9.17) is 23.2 Å². The third-order valence-electron chi connectivity index (χ3n) is 1.73. The fourth-order valence-electron chi connectivity index (χ4n) is 0.971. The van der Waals surface area contributed by atoms with Crippen molar-refractivity contribution in [3.05, 3.63) is 33.8 Å². The van der Waals surface area contributed by atoms with E-state index in [1.807, 2.05) is 0 Å². The number of aliphatic hydroxyl groups is 1. The normalized spacial score (nSPS) is 13.4. The first kappa shape index (κ1) is 10.8. The lowest BCUT2D eigenvalue weighted by Crippen LogP contribution is -2.19. The van der Waals surface area contributed by atoms with E-state index in [2.05, 4.69) is 0 Å². The summed E-state index contributed by atoms with van der Waals surface area (Å²) in [6.07, 6.45) is -0.644. The van der Waals surface area contributed by atoms with Crippen molar-refractivity contribution in [2.75, 3.05) is 14.1 Å². The summed E-state index contributed by atoms with van der Waals surface area (Å²) in [6, 6.07) is 5.08. The summed E-state index contributed by atoms with van der Waals surface area (Å²) in [5.74, 6) is 0. The maximum atomic E-state index is 9.64. The topological polar surface area (TPSA) is 23.5 Å². The zero-order chi connectivity index (χ0) is 10.0. The molecule has 0 saturated heterocycles. The van der Waals surface area contributed by atoms with E-state index >= 15 is 0 Å². The minimum Gasteiger partial charge on any atom is -0.374 e. The number of halogens is 2. The smallest absolute Gasteiger partial charge is 0.133 e. The van der Waals surface area contributed by atoms with Gasteiger partial charge in [0, 0.05) is 0 Å². The van der Waals surface area contributed by atoms with Crippen molar-refractivity contribution < 1.29 is 5.11 Å². The Morgan fingerprint density at radius 1 is 1.23 bits per heavy atom. The molecular weight excluding hydrogens is 209 g/mol. The zero-order valence-corrected chi connectivity index (χ0v) is 8.97. The van der Waals surface area contributed by atoms with Gasteiger partial charge in [0.25, 0.3) is 0 Å². The molecule has 4 heteroatoms. The van der Waals surface area contributed by atoms with Crippen molar-refractivity contribution in [3.8, 4) is 0 Å². The molecular formula is C9H11Cl2NO. The first-order chi connectivity index (χ1) is 6.02. The number of rotatable bonds is 2. The van der Waals surface area contributed by atoms with Gasteiger partial charge in [-0.25, -0.2) is 0 Å². The van der Waals surface area contributed by atoms with Crippen molar-refractivity contribution >= 4 is 23.2 Å². The highest BCUT2D eigenvalue weighted by Gasteiger charge is 2.10. The Morgan fingerprint density at radius 3 is 2.31 bits per heavy atom. The molecule has 1 aromatic rings. The maximum absolute atomic E-state index is 9.64. The van der Waals surface area contributed by atoms with Crippen LogP contribution in [0.2, 0.25) is 10.0 Å². The Bertz CT molecular complexity index is 302. The Balaban J connectivity index is 2.97. The zero-order valence-electron chi connectivity index (χ0n) is 7.46. The molecule has 0 amide bonds. The highest BCUT2D eigenvalue weighted by atomic mass is 35.5. The van der Waals surface area contributed by atoms with Crippen molar-refractivity contribution in [2.24, 2.45) is 0 Å². The van der Waals surface area contributed by atoms with Gasteiger partial charge in [0.15, 0.2) is 0 Å². The van der Waals surface area contributed by atoms with Gasteiger partial charge in [-0.1, -0.05) is 29.3 Å². The Hall–Kier alpha value is -0.280. The number of hydrogen-bond donors (Lipinski definition) is 1. The van der Waals surface area contributed by atoms with Crippen LogP contribution < -0.4 is 0 Å². The van der Waals surface area contributed by atoms with Crippen LogP contribution in [0.25, 0.3) is 0 Å². The molecule has 1 rings (SSSR count). The average Bonchev–Trinajstić information content (AvgIpc) is 2.08. The van der Waals surface area contributed by atoms with E-state index in [0.717, 1.165) is 5.56 Å². The third-order valence-corrected chi connectivity index (χ3v) is 2.47. The second-order valence-corrected chi connectivity index (χ2v) is 3.83. The third kappa shape index (κ3) is 2.58. The quantitative estimate of drug-likeness (QED) is 0.774. The first-order valence-corrected chi connectivity index (χ1v) is 4.57. The summed E-state index contributed by atoms with van der Waals surface area (Å²) in [4.78, 5) is 1.68. The van der Waals surface area contributed by atoms with Gasteiger partial charge in [-0.15, -0.1) is 0 Å². The molecule has 0 fully saturated rings. The predicted molar refractivity (Wildman–Crippen MR) is 55.1 cm³/mol. The van der Waals surface area contributed by atoms with Gasteiger partial charge in [-0.2, -0.15) is 0 Å². The van der Waals surface area contributed by atoms with Gasteiger partial charge in [-0.05, 0) is 31.8 Å².